The summed E-state index contributed by atoms with van der Waals surface area (Å²) in [5, 5.41) is 0. The molecule has 0 atom stereocenters. The highest BCUT2D eigenvalue weighted by Crippen LogP contribution is 2.27. The van der Waals surface area contributed by atoms with Crippen LogP contribution in [0.5, 0.6) is 0 Å². The van der Waals surface area contributed by atoms with Gasteiger partial charge in [-0.15, -0.1) is 0 Å². The first-order valence-electron chi connectivity index (χ1n) is 6.56. The first kappa shape index (κ1) is 12.4. The molecular formula is C18H15Br. The van der Waals surface area contributed by atoms with Gasteiger partial charge in [0.2, 0.25) is 0 Å². The summed E-state index contributed by atoms with van der Waals surface area (Å²) < 4.78 is 1.12. The lowest BCUT2D eigenvalue weighted by molar-refractivity contribution is 1.04. The van der Waals surface area contributed by atoms with Crippen LogP contribution in [0.15, 0.2) is 71.2 Å². The summed E-state index contributed by atoms with van der Waals surface area (Å²) in [7, 11) is 0. The fourth-order valence-electron chi connectivity index (χ4n) is 2.35. The minimum absolute atomic E-state index is 1.12. The summed E-state index contributed by atoms with van der Waals surface area (Å²) in [5.41, 5.74) is 5.16. The van der Waals surface area contributed by atoms with Crippen molar-refractivity contribution in [2.24, 2.45) is 0 Å². The van der Waals surface area contributed by atoms with E-state index in [0.717, 1.165) is 17.3 Å². The molecule has 2 aromatic carbocycles. The van der Waals surface area contributed by atoms with Crippen molar-refractivity contribution in [1.82, 2.24) is 0 Å². The van der Waals surface area contributed by atoms with Gasteiger partial charge in [0.05, 0.1) is 0 Å². The van der Waals surface area contributed by atoms with Gasteiger partial charge < -0.3 is 0 Å². The van der Waals surface area contributed by atoms with Gasteiger partial charge in [0, 0.05) is 4.47 Å². The molecule has 0 aromatic heterocycles. The summed E-state index contributed by atoms with van der Waals surface area (Å²) >= 11 is 3.48. The predicted molar refractivity (Wildman–Crippen MR) is 85.9 cm³/mol. The smallest absolute Gasteiger partial charge is 0.0175 e. The van der Waals surface area contributed by atoms with Crippen molar-refractivity contribution in [2.75, 3.05) is 0 Å². The van der Waals surface area contributed by atoms with E-state index in [0.29, 0.717) is 0 Å². The lowest BCUT2D eigenvalue weighted by Crippen LogP contribution is -1.87. The van der Waals surface area contributed by atoms with Gasteiger partial charge in [-0.05, 0) is 53.3 Å². The summed E-state index contributed by atoms with van der Waals surface area (Å²) in [6.45, 7) is 0. The van der Waals surface area contributed by atoms with Gasteiger partial charge >= 0.3 is 0 Å². The van der Waals surface area contributed by atoms with Gasteiger partial charge in [0.1, 0.15) is 0 Å². The molecule has 1 aliphatic carbocycles. The van der Waals surface area contributed by atoms with E-state index in [2.05, 4.69) is 82.7 Å². The van der Waals surface area contributed by atoms with Crippen molar-refractivity contribution >= 4 is 21.5 Å². The molecule has 0 spiro atoms. The van der Waals surface area contributed by atoms with Gasteiger partial charge in [0.25, 0.3) is 0 Å². The third-order valence-corrected chi connectivity index (χ3v) is 3.90. The molecule has 0 saturated heterocycles. The summed E-state index contributed by atoms with van der Waals surface area (Å²) in [6.07, 6.45) is 9.11. The molecule has 0 aliphatic heterocycles. The molecule has 0 N–H and O–H groups in total. The fraction of sp³-hybridized carbons (Fsp3) is 0.111. The lowest BCUT2D eigenvalue weighted by Gasteiger charge is -2.09. The second kappa shape index (κ2) is 5.58. The predicted octanol–water partition coefficient (Wildman–Crippen LogP) is 5.85. The molecule has 1 heteroatoms. The van der Waals surface area contributed by atoms with Crippen LogP contribution in [0.4, 0.5) is 0 Å². The number of allylic oxidation sites excluding steroid dienone is 4. The zero-order valence-corrected chi connectivity index (χ0v) is 12.2. The first-order chi connectivity index (χ1) is 9.33. The highest BCUT2D eigenvalue weighted by atomic mass is 79.9. The van der Waals surface area contributed by atoms with Crippen LogP contribution < -0.4 is 0 Å². The molecule has 0 saturated carbocycles. The van der Waals surface area contributed by atoms with E-state index in [4.69, 9.17) is 0 Å². The number of halogens is 1. The van der Waals surface area contributed by atoms with Gasteiger partial charge in [-0.1, -0.05) is 64.5 Å². The third-order valence-electron chi connectivity index (χ3n) is 3.37. The molecule has 0 nitrogen and oxygen atoms in total. The summed E-state index contributed by atoms with van der Waals surface area (Å²) in [4.78, 5) is 0. The van der Waals surface area contributed by atoms with Crippen LogP contribution in [0, 0.1) is 0 Å². The van der Waals surface area contributed by atoms with Crippen LogP contribution in [0.3, 0.4) is 0 Å². The molecule has 94 valence electrons. The Bertz CT molecular complexity index is 633. The number of benzene rings is 2. The van der Waals surface area contributed by atoms with E-state index in [1.807, 2.05) is 0 Å². The fourth-order valence-corrected chi connectivity index (χ4v) is 2.61. The van der Waals surface area contributed by atoms with Crippen LogP contribution in [-0.4, -0.2) is 0 Å². The maximum absolute atomic E-state index is 3.48. The molecular weight excluding hydrogens is 296 g/mol. The molecule has 2 aromatic rings. The molecule has 3 rings (SSSR count). The van der Waals surface area contributed by atoms with Crippen LogP contribution in [0.25, 0.3) is 16.7 Å². The number of hydrogen-bond acceptors (Lipinski definition) is 0. The molecule has 0 bridgehead atoms. The Balaban J connectivity index is 1.98. The molecule has 19 heavy (non-hydrogen) atoms. The van der Waals surface area contributed by atoms with E-state index in [9.17, 15) is 0 Å². The average molecular weight is 311 g/mol. The Morgan fingerprint density at radius 3 is 2.32 bits per heavy atom. The number of rotatable bonds is 2. The standard InChI is InChI=1S/C18H15Br/c19-18-11-9-15(10-12-18)17-8-4-7-16(13-17)14-5-2-1-3-6-14/h2,4-13H,1,3H2. The zero-order valence-electron chi connectivity index (χ0n) is 10.6. The van der Waals surface area contributed by atoms with Gasteiger partial charge in [-0.2, -0.15) is 0 Å². The van der Waals surface area contributed by atoms with E-state index in [1.54, 1.807) is 0 Å². The van der Waals surface area contributed by atoms with E-state index in [-0.39, 0.29) is 0 Å². The van der Waals surface area contributed by atoms with E-state index >= 15 is 0 Å². The SMILES string of the molecule is Brc1ccc(-c2cccc(C3=CCCC=C3)c2)cc1. The Morgan fingerprint density at radius 2 is 1.58 bits per heavy atom. The first-order valence-corrected chi connectivity index (χ1v) is 7.35. The van der Waals surface area contributed by atoms with Crippen molar-refractivity contribution in [3.05, 3.63) is 76.8 Å². The highest BCUT2D eigenvalue weighted by molar-refractivity contribution is 9.10. The van der Waals surface area contributed by atoms with Crippen LogP contribution >= 0.6 is 15.9 Å². The monoisotopic (exact) mass is 310 g/mol. The molecule has 0 fully saturated rings. The second-order valence-corrected chi connectivity index (χ2v) is 5.64. The topological polar surface area (TPSA) is 0 Å². The molecule has 0 amide bonds. The van der Waals surface area contributed by atoms with Crippen LogP contribution in [0.1, 0.15) is 18.4 Å². The van der Waals surface area contributed by atoms with Crippen LogP contribution in [0.2, 0.25) is 0 Å². The maximum Gasteiger partial charge on any atom is 0.0175 e. The van der Waals surface area contributed by atoms with Crippen molar-refractivity contribution in [3.63, 3.8) is 0 Å². The third kappa shape index (κ3) is 2.87. The van der Waals surface area contributed by atoms with Gasteiger partial charge in [-0.3, -0.25) is 0 Å². The molecule has 0 unspecified atom stereocenters. The molecule has 1 aliphatic rings. The van der Waals surface area contributed by atoms with Crippen molar-refractivity contribution in [2.45, 2.75) is 12.8 Å². The Morgan fingerprint density at radius 1 is 0.789 bits per heavy atom. The van der Waals surface area contributed by atoms with E-state index in [1.165, 1.54) is 22.3 Å². The molecule has 0 heterocycles. The van der Waals surface area contributed by atoms with Crippen molar-refractivity contribution in [1.29, 1.82) is 0 Å². The van der Waals surface area contributed by atoms with Gasteiger partial charge in [0.15, 0.2) is 0 Å². The quantitative estimate of drug-likeness (QED) is 0.652. The zero-order chi connectivity index (χ0) is 13.1. The Kier molecular flexibility index (Phi) is 3.65. The highest BCUT2D eigenvalue weighted by Gasteiger charge is 2.03. The minimum atomic E-state index is 1.12. The average Bonchev–Trinajstić information content (AvgIpc) is 2.49. The minimum Gasteiger partial charge on any atom is -0.0836 e. The van der Waals surface area contributed by atoms with Crippen molar-refractivity contribution in [3.8, 4) is 11.1 Å². The van der Waals surface area contributed by atoms with Gasteiger partial charge in [-0.25, -0.2) is 0 Å². The summed E-state index contributed by atoms with van der Waals surface area (Å²) in [6, 6.07) is 17.2. The Hall–Kier alpha value is -1.60. The van der Waals surface area contributed by atoms with Crippen LogP contribution in [-0.2, 0) is 0 Å². The normalized spacial score (nSPS) is 14.3. The number of hydrogen-bond donors (Lipinski definition) is 0. The van der Waals surface area contributed by atoms with Crippen molar-refractivity contribution < 1.29 is 0 Å². The maximum atomic E-state index is 3.48. The lowest BCUT2D eigenvalue weighted by atomic mass is 9.96. The summed E-state index contributed by atoms with van der Waals surface area (Å²) in [5.74, 6) is 0. The molecule has 0 radical (unpaired) electrons. The van der Waals surface area contributed by atoms with E-state index < -0.39 is 0 Å². The Labute approximate surface area is 122 Å². The largest absolute Gasteiger partial charge is 0.0836 e. The second-order valence-electron chi connectivity index (χ2n) is 4.73.